The van der Waals surface area contributed by atoms with Gasteiger partial charge in [0.2, 0.25) is 5.91 Å². The van der Waals surface area contributed by atoms with E-state index >= 15 is 0 Å². The molecule has 0 aliphatic carbocycles. The van der Waals surface area contributed by atoms with E-state index in [-0.39, 0.29) is 18.6 Å². The molecule has 0 fully saturated rings. The first-order valence-electron chi connectivity index (χ1n) is 6.82. The number of carbonyl (C=O) groups excluding carboxylic acids is 1. The number of aliphatic hydroxyl groups is 1. The van der Waals surface area contributed by atoms with Gasteiger partial charge in [-0.25, -0.2) is 0 Å². The maximum atomic E-state index is 11.8. The molecular weight excluding hydrogens is 240 g/mol. The van der Waals surface area contributed by atoms with Crippen LogP contribution >= 0.6 is 0 Å². The third-order valence-corrected chi connectivity index (χ3v) is 3.24. The van der Waals surface area contributed by atoms with E-state index in [1.807, 2.05) is 30.3 Å². The zero-order chi connectivity index (χ0) is 14.1. The van der Waals surface area contributed by atoms with E-state index < -0.39 is 0 Å². The Bertz CT molecular complexity index is 368. The van der Waals surface area contributed by atoms with Gasteiger partial charge in [-0.2, -0.15) is 0 Å². The fraction of sp³-hybridized carbons (Fsp3) is 0.533. The van der Waals surface area contributed by atoms with Gasteiger partial charge in [-0.3, -0.25) is 4.79 Å². The highest BCUT2D eigenvalue weighted by Gasteiger charge is 2.13. The monoisotopic (exact) mass is 264 g/mol. The molecule has 0 aliphatic rings. The number of carbonyl (C=O) groups is 1. The number of nitrogens with two attached hydrogens (primary N) is 1. The largest absolute Gasteiger partial charge is 0.394 e. The molecule has 1 aromatic rings. The molecule has 4 heteroatoms. The second-order valence-electron chi connectivity index (χ2n) is 4.93. The second-order valence-corrected chi connectivity index (χ2v) is 4.93. The molecule has 0 saturated heterocycles. The molecular formula is C15H24N2O2. The Morgan fingerprint density at radius 3 is 2.58 bits per heavy atom. The van der Waals surface area contributed by atoms with Crippen LogP contribution < -0.4 is 11.1 Å². The molecule has 1 aromatic carbocycles. The smallest absolute Gasteiger partial charge is 0.220 e. The summed E-state index contributed by atoms with van der Waals surface area (Å²) in [5.41, 5.74) is 6.40. The van der Waals surface area contributed by atoms with Crippen LogP contribution in [-0.2, 0) is 4.79 Å². The average Bonchev–Trinajstić information content (AvgIpc) is 2.44. The predicted molar refractivity (Wildman–Crippen MR) is 76.5 cm³/mol. The van der Waals surface area contributed by atoms with E-state index in [1.165, 1.54) is 0 Å². The minimum Gasteiger partial charge on any atom is -0.394 e. The van der Waals surface area contributed by atoms with Crippen molar-refractivity contribution in [3.8, 4) is 0 Å². The molecule has 0 bridgehead atoms. The summed E-state index contributed by atoms with van der Waals surface area (Å²) in [4.78, 5) is 11.8. The Kier molecular flexibility index (Phi) is 7.15. The first-order chi connectivity index (χ1) is 9.17. The third-order valence-electron chi connectivity index (χ3n) is 3.24. The summed E-state index contributed by atoms with van der Waals surface area (Å²) < 4.78 is 0. The SMILES string of the molecule is CC(CCN)CCC(=O)NC(CO)c1ccccc1. The Morgan fingerprint density at radius 1 is 1.32 bits per heavy atom. The van der Waals surface area contributed by atoms with Gasteiger partial charge in [0.25, 0.3) is 0 Å². The Hall–Kier alpha value is -1.39. The van der Waals surface area contributed by atoms with Gasteiger partial charge in [0, 0.05) is 6.42 Å². The molecule has 2 atom stereocenters. The van der Waals surface area contributed by atoms with Crippen molar-refractivity contribution in [3.63, 3.8) is 0 Å². The lowest BCUT2D eigenvalue weighted by Gasteiger charge is -2.17. The minimum atomic E-state index is -0.321. The molecule has 19 heavy (non-hydrogen) atoms. The van der Waals surface area contributed by atoms with Gasteiger partial charge >= 0.3 is 0 Å². The zero-order valence-electron chi connectivity index (χ0n) is 11.5. The maximum absolute atomic E-state index is 11.8. The molecule has 0 aliphatic heterocycles. The summed E-state index contributed by atoms with van der Waals surface area (Å²) in [6.07, 6.45) is 2.25. The Balaban J connectivity index is 2.41. The number of amides is 1. The molecule has 4 nitrogen and oxygen atoms in total. The average molecular weight is 264 g/mol. The minimum absolute atomic E-state index is 0.0215. The van der Waals surface area contributed by atoms with Crippen LogP contribution in [0.1, 0.15) is 37.8 Å². The number of rotatable bonds is 8. The summed E-state index contributed by atoms with van der Waals surface area (Å²) >= 11 is 0. The Labute approximate surface area is 115 Å². The van der Waals surface area contributed by atoms with Crippen molar-refractivity contribution in [3.05, 3.63) is 35.9 Å². The van der Waals surface area contributed by atoms with Gasteiger partial charge in [0.15, 0.2) is 0 Å². The normalized spacial score (nSPS) is 13.8. The first kappa shape index (κ1) is 15.7. The first-order valence-corrected chi connectivity index (χ1v) is 6.82. The predicted octanol–water partition coefficient (Wildman–Crippen LogP) is 1.60. The summed E-state index contributed by atoms with van der Waals surface area (Å²) in [5, 5.41) is 12.2. The van der Waals surface area contributed by atoms with Crippen LogP contribution in [0.5, 0.6) is 0 Å². The molecule has 4 N–H and O–H groups in total. The maximum Gasteiger partial charge on any atom is 0.220 e. The van der Waals surface area contributed by atoms with Crippen LogP contribution in [0.15, 0.2) is 30.3 Å². The van der Waals surface area contributed by atoms with Crippen molar-refractivity contribution in [1.82, 2.24) is 5.32 Å². The molecule has 106 valence electrons. The van der Waals surface area contributed by atoms with Gasteiger partial charge in [-0.1, -0.05) is 37.3 Å². The zero-order valence-corrected chi connectivity index (χ0v) is 11.5. The van der Waals surface area contributed by atoms with Crippen LogP contribution in [0.25, 0.3) is 0 Å². The van der Waals surface area contributed by atoms with Gasteiger partial charge in [-0.05, 0) is 30.9 Å². The van der Waals surface area contributed by atoms with E-state index in [2.05, 4.69) is 12.2 Å². The summed E-state index contributed by atoms with van der Waals surface area (Å²) in [5.74, 6) is 0.437. The molecule has 1 amide bonds. The van der Waals surface area contributed by atoms with Crippen molar-refractivity contribution in [2.45, 2.75) is 32.2 Å². The third kappa shape index (κ3) is 5.85. The van der Waals surface area contributed by atoms with Crippen molar-refractivity contribution in [2.75, 3.05) is 13.2 Å². The number of nitrogens with one attached hydrogen (secondary N) is 1. The highest BCUT2D eigenvalue weighted by molar-refractivity contribution is 5.76. The molecule has 0 spiro atoms. The van der Waals surface area contributed by atoms with E-state index in [0.29, 0.717) is 18.9 Å². The molecule has 0 aromatic heterocycles. The quantitative estimate of drug-likeness (QED) is 0.667. The Morgan fingerprint density at radius 2 is 2.00 bits per heavy atom. The van der Waals surface area contributed by atoms with Crippen LogP contribution in [0, 0.1) is 5.92 Å². The summed E-state index contributed by atoms with van der Waals surface area (Å²) in [6, 6.07) is 9.18. The number of hydrogen-bond donors (Lipinski definition) is 3. The van der Waals surface area contributed by atoms with Gasteiger partial charge in [-0.15, -0.1) is 0 Å². The summed E-state index contributed by atoms with van der Waals surface area (Å²) in [6.45, 7) is 2.67. The molecule has 2 unspecified atom stereocenters. The van der Waals surface area contributed by atoms with E-state index in [1.54, 1.807) is 0 Å². The number of benzene rings is 1. The van der Waals surface area contributed by atoms with E-state index in [0.717, 1.165) is 18.4 Å². The fourth-order valence-electron chi connectivity index (χ4n) is 1.99. The molecule has 1 rings (SSSR count). The van der Waals surface area contributed by atoms with Gasteiger partial charge < -0.3 is 16.2 Å². The van der Waals surface area contributed by atoms with E-state index in [4.69, 9.17) is 5.73 Å². The lowest BCUT2D eigenvalue weighted by atomic mass is 10.0. The van der Waals surface area contributed by atoms with Crippen LogP contribution in [0.4, 0.5) is 0 Å². The van der Waals surface area contributed by atoms with Crippen molar-refractivity contribution in [2.24, 2.45) is 11.7 Å². The highest BCUT2D eigenvalue weighted by atomic mass is 16.3. The fourth-order valence-corrected chi connectivity index (χ4v) is 1.99. The van der Waals surface area contributed by atoms with Crippen LogP contribution in [-0.4, -0.2) is 24.2 Å². The van der Waals surface area contributed by atoms with Crippen molar-refractivity contribution < 1.29 is 9.90 Å². The lowest BCUT2D eigenvalue weighted by molar-refractivity contribution is -0.122. The van der Waals surface area contributed by atoms with E-state index in [9.17, 15) is 9.90 Å². The molecule has 0 saturated carbocycles. The standard InChI is InChI=1S/C15H24N2O2/c1-12(9-10-16)7-8-15(19)17-14(11-18)13-5-3-2-4-6-13/h2-6,12,14,18H,7-11,16H2,1H3,(H,17,19). The topological polar surface area (TPSA) is 75.4 Å². The summed E-state index contributed by atoms with van der Waals surface area (Å²) in [7, 11) is 0. The van der Waals surface area contributed by atoms with Crippen LogP contribution in [0.2, 0.25) is 0 Å². The van der Waals surface area contributed by atoms with Crippen molar-refractivity contribution in [1.29, 1.82) is 0 Å². The number of hydrogen-bond acceptors (Lipinski definition) is 3. The van der Waals surface area contributed by atoms with Crippen molar-refractivity contribution >= 4 is 5.91 Å². The van der Waals surface area contributed by atoms with Crippen LogP contribution in [0.3, 0.4) is 0 Å². The lowest BCUT2D eigenvalue weighted by Crippen LogP contribution is -2.30. The second kappa shape index (κ2) is 8.67. The molecule has 0 heterocycles. The van der Waals surface area contributed by atoms with Gasteiger partial charge in [0.1, 0.15) is 0 Å². The number of aliphatic hydroxyl groups excluding tert-OH is 1. The van der Waals surface area contributed by atoms with Gasteiger partial charge in [0.05, 0.1) is 12.6 Å². The molecule has 0 radical (unpaired) electrons. The highest BCUT2D eigenvalue weighted by Crippen LogP contribution is 2.13.